The van der Waals surface area contributed by atoms with E-state index in [0.717, 1.165) is 5.69 Å². The van der Waals surface area contributed by atoms with Gasteiger partial charge in [0.25, 0.3) is 5.91 Å². The normalized spacial score (nSPS) is 10.4. The van der Waals surface area contributed by atoms with Gasteiger partial charge in [0.2, 0.25) is 0 Å². The van der Waals surface area contributed by atoms with Crippen molar-refractivity contribution in [2.75, 3.05) is 19.0 Å². The van der Waals surface area contributed by atoms with Crippen LogP contribution in [0.3, 0.4) is 0 Å². The first kappa shape index (κ1) is 19.2. The first-order valence-electron chi connectivity index (χ1n) is 8.81. The van der Waals surface area contributed by atoms with Crippen molar-refractivity contribution in [3.8, 4) is 11.4 Å². The van der Waals surface area contributed by atoms with Gasteiger partial charge in [-0.15, -0.1) is 0 Å². The molecule has 0 spiro atoms. The van der Waals surface area contributed by atoms with Gasteiger partial charge in [-0.2, -0.15) is 5.10 Å². The minimum absolute atomic E-state index is 0.250. The first-order chi connectivity index (χ1) is 13.5. The summed E-state index contributed by atoms with van der Waals surface area (Å²) in [7, 11) is 1.55. The lowest BCUT2D eigenvalue weighted by molar-refractivity contribution is 0.0525. The van der Waals surface area contributed by atoms with Gasteiger partial charge in [-0.1, -0.05) is 12.1 Å². The number of hydrogen-bond acceptors (Lipinski definition) is 5. The summed E-state index contributed by atoms with van der Waals surface area (Å²) in [6, 6.07) is 14.1. The summed E-state index contributed by atoms with van der Waals surface area (Å²) in [6.07, 6.45) is 1.48. The van der Waals surface area contributed by atoms with Crippen LogP contribution in [0.5, 0.6) is 5.75 Å². The molecule has 0 saturated heterocycles. The third-order valence-corrected chi connectivity index (χ3v) is 4.19. The van der Waals surface area contributed by atoms with E-state index in [1.807, 2.05) is 12.1 Å². The van der Waals surface area contributed by atoms with Gasteiger partial charge < -0.3 is 14.8 Å². The standard InChI is InChI=1S/C21H21N3O4/c1-4-28-21(26)19-13-22-24(14(19)2)17-9-6-8-16(12-17)23-20(25)15-7-5-10-18(11-15)27-3/h5-13H,4H2,1-3H3,(H,23,25). The number of anilines is 1. The average Bonchev–Trinajstić information content (AvgIpc) is 3.10. The van der Waals surface area contributed by atoms with E-state index in [1.54, 1.807) is 62.0 Å². The van der Waals surface area contributed by atoms with E-state index in [9.17, 15) is 9.59 Å². The molecular weight excluding hydrogens is 358 g/mol. The van der Waals surface area contributed by atoms with E-state index >= 15 is 0 Å². The van der Waals surface area contributed by atoms with Crippen molar-refractivity contribution < 1.29 is 19.1 Å². The Bertz CT molecular complexity index is 1010. The molecule has 0 unspecified atom stereocenters. The van der Waals surface area contributed by atoms with Crippen LogP contribution in [0.15, 0.2) is 54.7 Å². The fourth-order valence-corrected chi connectivity index (χ4v) is 2.76. The molecule has 3 rings (SSSR count). The number of methoxy groups -OCH3 is 1. The first-order valence-corrected chi connectivity index (χ1v) is 8.81. The Morgan fingerprint density at radius 1 is 1.14 bits per heavy atom. The molecule has 2 aromatic carbocycles. The molecule has 0 aliphatic rings. The molecule has 0 aliphatic carbocycles. The quantitative estimate of drug-likeness (QED) is 0.662. The number of rotatable bonds is 6. The average molecular weight is 379 g/mol. The second-order valence-corrected chi connectivity index (χ2v) is 6.01. The SMILES string of the molecule is CCOC(=O)c1cnn(-c2cccc(NC(=O)c3cccc(OC)c3)c2)c1C. The number of carbonyl (C=O) groups is 2. The summed E-state index contributed by atoms with van der Waals surface area (Å²) in [5, 5.41) is 7.14. The van der Waals surface area contributed by atoms with Crippen molar-refractivity contribution in [2.24, 2.45) is 0 Å². The molecule has 1 amide bonds. The topological polar surface area (TPSA) is 82.5 Å². The van der Waals surface area contributed by atoms with E-state index in [0.29, 0.717) is 34.9 Å². The Labute approximate surface area is 162 Å². The molecule has 0 fully saturated rings. The number of esters is 1. The highest BCUT2D eigenvalue weighted by molar-refractivity contribution is 6.04. The van der Waals surface area contributed by atoms with Crippen molar-refractivity contribution in [3.63, 3.8) is 0 Å². The monoisotopic (exact) mass is 379 g/mol. The van der Waals surface area contributed by atoms with Gasteiger partial charge in [0.15, 0.2) is 0 Å². The molecule has 28 heavy (non-hydrogen) atoms. The van der Waals surface area contributed by atoms with E-state index < -0.39 is 5.97 Å². The lowest BCUT2D eigenvalue weighted by atomic mass is 10.2. The fourth-order valence-electron chi connectivity index (χ4n) is 2.76. The number of nitrogens with zero attached hydrogens (tertiary/aromatic N) is 2. The third kappa shape index (κ3) is 4.03. The fraction of sp³-hybridized carbons (Fsp3) is 0.190. The molecule has 144 valence electrons. The van der Waals surface area contributed by atoms with Crippen LogP contribution in [0.25, 0.3) is 5.69 Å². The summed E-state index contributed by atoms with van der Waals surface area (Å²) in [4.78, 5) is 24.5. The van der Waals surface area contributed by atoms with Crippen molar-refractivity contribution in [3.05, 3.63) is 71.5 Å². The van der Waals surface area contributed by atoms with Gasteiger partial charge >= 0.3 is 5.97 Å². The van der Waals surface area contributed by atoms with Gasteiger partial charge in [0.1, 0.15) is 11.3 Å². The van der Waals surface area contributed by atoms with Gasteiger partial charge in [0.05, 0.1) is 31.3 Å². The summed E-state index contributed by atoms with van der Waals surface area (Å²) in [6.45, 7) is 3.85. The predicted octanol–water partition coefficient (Wildman–Crippen LogP) is 3.62. The summed E-state index contributed by atoms with van der Waals surface area (Å²) in [5.74, 6) is -0.0470. The lowest BCUT2D eigenvalue weighted by Gasteiger charge is -2.10. The van der Waals surface area contributed by atoms with Gasteiger partial charge in [0, 0.05) is 11.3 Å². The van der Waals surface area contributed by atoms with E-state index in [2.05, 4.69) is 10.4 Å². The highest BCUT2D eigenvalue weighted by atomic mass is 16.5. The van der Waals surface area contributed by atoms with Gasteiger partial charge in [-0.25, -0.2) is 9.48 Å². The lowest BCUT2D eigenvalue weighted by Crippen LogP contribution is -2.12. The molecule has 0 atom stereocenters. The van der Waals surface area contributed by atoms with Crippen LogP contribution in [-0.4, -0.2) is 35.4 Å². The molecule has 1 N–H and O–H groups in total. The zero-order valence-electron chi connectivity index (χ0n) is 15.9. The number of carbonyl (C=O) groups excluding carboxylic acids is 2. The van der Waals surface area contributed by atoms with Crippen LogP contribution in [-0.2, 0) is 4.74 Å². The minimum Gasteiger partial charge on any atom is -0.497 e. The Morgan fingerprint density at radius 2 is 1.93 bits per heavy atom. The van der Waals surface area contributed by atoms with Crippen LogP contribution in [0, 0.1) is 6.92 Å². The number of ether oxygens (including phenoxy) is 2. The zero-order chi connectivity index (χ0) is 20.1. The van der Waals surface area contributed by atoms with Crippen LogP contribution in [0.2, 0.25) is 0 Å². The maximum Gasteiger partial charge on any atom is 0.341 e. The zero-order valence-corrected chi connectivity index (χ0v) is 15.9. The molecule has 0 saturated carbocycles. The maximum absolute atomic E-state index is 12.5. The highest BCUT2D eigenvalue weighted by Crippen LogP contribution is 2.20. The smallest absolute Gasteiger partial charge is 0.341 e. The Kier molecular flexibility index (Phi) is 5.74. The van der Waals surface area contributed by atoms with E-state index in [-0.39, 0.29) is 5.91 Å². The second-order valence-electron chi connectivity index (χ2n) is 6.01. The van der Waals surface area contributed by atoms with Crippen LogP contribution in [0.1, 0.15) is 33.3 Å². The summed E-state index contributed by atoms with van der Waals surface area (Å²) in [5.41, 5.74) is 2.89. The molecule has 1 heterocycles. The Balaban J connectivity index is 1.83. The molecule has 0 bridgehead atoms. The molecule has 7 heteroatoms. The summed E-state index contributed by atoms with van der Waals surface area (Å²) < 4.78 is 11.8. The van der Waals surface area contributed by atoms with Crippen LogP contribution >= 0.6 is 0 Å². The number of benzene rings is 2. The molecular formula is C21H21N3O4. The van der Waals surface area contributed by atoms with Crippen molar-refractivity contribution in [1.29, 1.82) is 0 Å². The number of amides is 1. The van der Waals surface area contributed by atoms with Crippen molar-refractivity contribution in [2.45, 2.75) is 13.8 Å². The summed E-state index contributed by atoms with van der Waals surface area (Å²) >= 11 is 0. The Morgan fingerprint density at radius 3 is 2.68 bits per heavy atom. The van der Waals surface area contributed by atoms with Crippen LogP contribution < -0.4 is 10.1 Å². The number of hydrogen-bond donors (Lipinski definition) is 1. The molecule has 0 radical (unpaired) electrons. The largest absolute Gasteiger partial charge is 0.497 e. The Hall–Kier alpha value is -3.61. The van der Waals surface area contributed by atoms with Crippen molar-refractivity contribution in [1.82, 2.24) is 9.78 Å². The molecule has 7 nitrogen and oxygen atoms in total. The highest BCUT2D eigenvalue weighted by Gasteiger charge is 2.16. The molecule has 1 aromatic heterocycles. The van der Waals surface area contributed by atoms with E-state index in [4.69, 9.17) is 9.47 Å². The van der Waals surface area contributed by atoms with Crippen LogP contribution in [0.4, 0.5) is 5.69 Å². The second kappa shape index (κ2) is 8.39. The predicted molar refractivity (Wildman–Crippen MR) is 105 cm³/mol. The number of aromatic nitrogens is 2. The minimum atomic E-state index is -0.409. The van der Waals surface area contributed by atoms with Gasteiger partial charge in [-0.3, -0.25) is 4.79 Å². The maximum atomic E-state index is 12.5. The number of nitrogens with one attached hydrogen (secondary N) is 1. The molecule has 3 aromatic rings. The van der Waals surface area contributed by atoms with E-state index in [1.165, 1.54) is 6.20 Å². The molecule has 0 aliphatic heterocycles. The third-order valence-electron chi connectivity index (χ3n) is 4.19. The van der Waals surface area contributed by atoms with Crippen molar-refractivity contribution >= 4 is 17.6 Å². The van der Waals surface area contributed by atoms with Gasteiger partial charge in [-0.05, 0) is 50.2 Å².